The molecule has 0 aliphatic carbocycles. The van der Waals surface area contributed by atoms with Crippen molar-refractivity contribution in [2.75, 3.05) is 12.4 Å². The van der Waals surface area contributed by atoms with Crippen LogP contribution in [0.1, 0.15) is 35.7 Å². The van der Waals surface area contributed by atoms with Crippen molar-refractivity contribution < 1.29 is 19.2 Å². The number of imide groups is 1. The van der Waals surface area contributed by atoms with E-state index in [9.17, 15) is 19.2 Å². The quantitative estimate of drug-likeness (QED) is 0.828. The van der Waals surface area contributed by atoms with Crippen LogP contribution in [-0.2, 0) is 14.4 Å². The Balaban J connectivity index is 2.00. The van der Waals surface area contributed by atoms with Crippen molar-refractivity contribution in [2.24, 2.45) is 0 Å². The van der Waals surface area contributed by atoms with E-state index in [1.54, 1.807) is 18.2 Å². The van der Waals surface area contributed by atoms with Crippen LogP contribution >= 0.6 is 0 Å². The number of nitrogens with one attached hydrogen (secondary N) is 1. The molecule has 1 N–H and O–H groups in total. The molecular formula is C17H17N3O4. The molecule has 1 fully saturated rings. The second kappa shape index (κ2) is 5.59. The van der Waals surface area contributed by atoms with E-state index >= 15 is 0 Å². The fourth-order valence-corrected chi connectivity index (χ4v) is 3.16. The molecule has 2 aliphatic heterocycles. The highest BCUT2D eigenvalue weighted by molar-refractivity contribution is 6.16. The number of amides is 4. The normalized spacial score (nSPS) is 20.5. The van der Waals surface area contributed by atoms with Gasteiger partial charge in [0.2, 0.25) is 11.8 Å². The molecule has 1 unspecified atom stereocenters. The summed E-state index contributed by atoms with van der Waals surface area (Å²) in [6.45, 7) is 5.30. The summed E-state index contributed by atoms with van der Waals surface area (Å²) in [6.07, 6.45) is 0.453. The number of hydrogen-bond acceptors (Lipinski definition) is 4. The monoisotopic (exact) mass is 327 g/mol. The van der Waals surface area contributed by atoms with E-state index in [4.69, 9.17) is 0 Å². The van der Waals surface area contributed by atoms with E-state index in [0.29, 0.717) is 22.5 Å². The van der Waals surface area contributed by atoms with E-state index in [0.717, 1.165) is 4.90 Å². The lowest BCUT2D eigenvalue weighted by molar-refractivity contribution is -0.149. The molecule has 0 radical (unpaired) electrons. The number of hydrogen-bond donors (Lipinski definition) is 1. The molecule has 0 bridgehead atoms. The van der Waals surface area contributed by atoms with Gasteiger partial charge in [0.25, 0.3) is 11.8 Å². The van der Waals surface area contributed by atoms with Crippen LogP contribution in [0, 0.1) is 0 Å². The third-order valence-electron chi connectivity index (χ3n) is 4.34. The average molecular weight is 327 g/mol. The Labute approximate surface area is 138 Å². The van der Waals surface area contributed by atoms with Crippen LogP contribution in [0.15, 0.2) is 24.8 Å². The van der Waals surface area contributed by atoms with Crippen molar-refractivity contribution >= 4 is 35.0 Å². The molecule has 2 heterocycles. The minimum absolute atomic E-state index is 0.193. The van der Waals surface area contributed by atoms with Crippen LogP contribution in [0.4, 0.5) is 5.69 Å². The van der Waals surface area contributed by atoms with Gasteiger partial charge in [-0.15, -0.1) is 0 Å². The number of nitrogens with zero attached hydrogens (tertiary/aromatic N) is 2. The first-order valence-corrected chi connectivity index (χ1v) is 7.56. The summed E-state index contributed by atoms with van der Waals surface area (Å²) in [5, 5.41) is 2.63. The number of carbonyl (C=O) groups excluding carboxylic acids is 4. The van der Waals surface area contributed by atoms with Crippen molar-refractivity contribution in [2.45, 2.75) is 25.8 Å². The van der Waals surface area contributed by atoms with E-state index < -0.39 is 11.9 Å². The van der Waals surface area contributed by atoms with Crippen LogP contribution in [0.25, 0.3) is 5.70 Å². The Hall–Kier alpha value is -2.96. The van der Waals surface area contributed by atoms with Crippen LogP contribution in [0.2, 0.25) is 0 Å². The van der Waals surface area contributed by atoms with Gasteiger partial charge in [-0.25, -0.2) is 0 Å². The van der Waals surface area contributed by atoms with Gasteiger partial charge in [0.1, 0.15) is 6.04 Å². The van der Waals surface area contributed by atoms with Gasteiger partial charge >= 0.3 is 0 Å². The lowest BCUT2D eigenvalue weighted by Crippen LogP contribution is -2.52. The fraction of sp³-hybridized carbons (Fsp3) is 0.294. The standard InChI is InChI=1S/C17H17N3O4/c1-9-11-5-4-6-12(18-10(2)21)15(11)17(24)20(9)13-7-8-14(22)19(3)16(13)23/h4-6,13H,1,7-8H2,2-3H3,(H,18,21). The van der Waals surface area contributed by atoms with Crippen LogP contribution in [0.3, 0.4) is 0 Å². The van der Waals surface area contributed by atoms with E-state index in [1.807, 2.05) is 0 Å². The molecular weight excluding hydrogens is 310 g/mol. The zero-order valence-corrected chi connectivity index (χ0v) is 13.5. The summed E-state index contributed by atoms with van der Waals surface area (Å²) in [5.74, 6) is -1.36. The molecule has 0 spiro atoms. The van der Waals surface area contributed by atoms with Crippen molar-refractivity contribution in [3.63, 3.8) is 0 Å². The Morgan fingerprint density at radius 2 is 2.00 bits per heavy atom. The van der Waals surface area contributed by atoms with Crippen LogP contribution < -0.4 is 5.32 Å². The van der Waals surface area contributed by atoms with Crippen molar-refractivity contribution in [3.05, 3.63) is 35.9 Å². The van der Waals surface area contributed by atoms with Gasteiger partial charge in [-0.2, -0.15) is 0 Å². The van der Waals surface area contributed by atoms with Gasteiger partial charge in [-0.05, 0) is 12.5 Å². The van der Waals surface area contributed by atoms with Crippen LogP contribution in [0.5, 0.6) is 0 Å². The van der Waals surface area contributed by atoms with E-state index in [-0.39, 0.29) is 30.6 Å². The number of likely N-dealkylation sites (N-methyl/N-ethyl adjacent to an activating group) is 1. The molecule has 7 nitrogen and oxygen atoms in total. The molecule has 2 aliphatic rings. The number of piperidine rings is 1. The Bertz CT molecular complexity index is 799. The zero-order chi connectivity index (χ0) is 17.6. The lowest BCUT2D eigenvalue weighted by Gasteiger charge is -2.34. The van der Waals surface area contributed by atoms with Gasteiger partial charge in [-0.1, -0.05) is 18.7 Å². The highest BCUT2D eigenvalue weighted by Crippen LogP contribution is 2.39. The number of benzene rings is 1. The molecule has 1 atom stereocenters. The summed E-state index contributed by atoms with van der Waals surface area (Å²) in [4.78, 5) is 50.7. The SMILES string of the molecule is C=C1c2cccc(NC(C)=O)c2C(=O)N1C1CCC(=O)N(C)C1=O. The van der Waals surface area contributed by atoms with Gasteiger partial charge in [0.15, 0.2) is 0 Å². The maximum absolute atomic E-state index is 12.9. The largest absolute Gasteiger partial charge is 0.326 e. The van der Waals surface area contributed by atoms with Crippen molar-refractivity contribution in [1.29, 1.82) is 0 Å². The van der Waals surface area contributed by atoms with Crippen molar-refractivity contribution in [1.82, 2.24) is 9.80 Å². The molecule has 0 aromatic heterocycles. The summed E-state index contributed by atoms with van der Waals surface area (Å²) in [6, 6.07) is 4.31. The number of likely N-dealkylation sites (tertiary alicyclic amines) is 1. The Morgan fingerprint density at radius 3 is 2.67 bits per heavy atom. The van der Waals surface area contributed by atoms with E-state index in [2.05, 4.69) is 11.9 Å². The Morgan fingerprint density at radius 1 is 1.29 bits per heavy atom. The smallest absolute Gasteiger partial charge is 0.261 e. The molecule has 0 saturated carbocycles. The molecule has 1 aromatic carbocycles. The van der Waals surface area contributed by atoms with Gasteiger partial charge in [-0.3, -0.25) is 29.0 Å². The summed E-state index contributed by atoms with van der Waals surface area (Å²) in [5.41, 5.74) is 1.70. The summed E-state index contributed by atoms with van der Waals surface area (Å²) in [7, 11) is 1.41. The zero-order valence-electron chi connectivity index (χ0n) is 13.5. The summed E-state index contributed by atoms with van der Waals surface area (Å²) >= 11 is 0. The molecule has 1 aromatic rings. The first-order chi connectivity index (χ1) is 11.3. The Kier molecular flexibility index (Phi) is 3.71. The number of fused-ring (bicyclic) bond motifs is 1. The molecule has 3 rings (SSSR count). The third kappa shape index (κ3) is 2.29. The molecule has 124 valence electrons. The first-order valence-electron chi connectivity index (χ1n) is 7.56. The number of carbonyl (C=O) groups is 4. The minimum atomic E-state index is -0.759. The van der Waals surface area contributed by atoms with Gasteiger partial charge in [0, 0.05) is 31.7 Å². The fourth-order valence-electron chi connectivity index (χ4n) is 3.16. The van der Waals surface area contributed by atoms with E-state index in [1.165, 1.54) is 18.9 Å². The maximum atomic E-state index is 12.9. The van der Waals surface area contributed by atoms with Crippen LogP contribution in [-0.4, -0.2) is 46.5 Å². The predicted octanol–water partition coefficient (Wildman–Crippen LogP) is 1.22. The van der Waals surface area contributed by atoms with Gasteiger partial charge < -0.3 is 5.32 Å². The third-order valence-corrected chi connectivity index (χ3v) is 4.34. The molecule has 1 saturated heterocycles. The second-order valence-electron chi connectivity index (χ2n) is 5.88. The molecule has 7 heteroatoms. The second-order valence-corrected chi connectivity index (χ2v) is 5.88. The first kappa shape index (κ1) is 15.9. The topological polar surface area (TPSA) is 86.8 Å². The highest BCUT2D eigenvalue weighted by Gasteiger charge is 2.44. The lowest BCUT2D eigenvalue weighted by atomic mass is 10.0. The van der Waals surface area contributed by atoms with Crippen molar-refractivity contribution in [3.8, 4) is 0 Å². The predicted molar refractivity (Wildman–Crippen MR) is 86.7 cm³/mol. The number of rotatable bonds is 2. The summed E-state index contributed by atoms with van der Waals surface area (Å²) < 4.78 is 0. The van der Waals surface area contributed by atoms with Gasteiger partial charge in [0.05, 0.1) is 11.3 Å². The molecule has 4 amide bonds. The minimum Gasteiger partial charge on any atom is -0.326 e. The number of anilines is 1. The average Bonchev–Trinajstić information content (AvgIpc) is 2.78. The molecule has 24 heavy (non-hydrogen) atoms. The highest BCUT2D eigenvalue weighted by atomic mass is 16.2. The maximum Gasteiger partial charge on any atom is 0.261 e.